The first-order chi connectivity index (χ1) is 13.0. The normalized spacial score (nSPS) is 11.1. The molecule has 0 aromatic heterocycles. The molecular formula is C20H13Cl2N3O2. The molecule has 5 nitrogen and oxygen atoms in total. The summed E-state index contributed by atoms with van der Waals surface area (Å²) in [6.45, 7) is 0. The molecule has 134 valence electrons. The zero-order chi connectivity index (χ0) is 19.4. The van der Waals surface area contributed by atoms with Gasteiger partial charge in [-0.05, 0) is 24.3 Å². The second-order valence-electron chi connectivity index (χ2n) is 5.55. The topological polar surface area (TPSA) is 85.2 Å². The Bertz CT molecular complexity index is 1100. The summed E-state index contributed by atoms with van der Waals surface area (Å²) >= 11 is 12.0. The minimum Gasteiger partial charge on any atom is -0.507 e. The molecule has 3 N–H and O–H groups in total. The van der Waals surface area contributed by atoms with Crippen molar-refractivity contribution in [2.45, 2.75) is 0 Å². The Morgan fingerprint density at radius 1 is 1.00 bits per heavy atom. The van der Waals surface area contributed by atoms with E-state index in [0.29, 0.717) is 27.2 Å². The molecule has 0 saturated carbocycles. The van der Waals surface area contributed by atoms with Crippen molar-refractivity contribution in [2.75, 3.05) is 10.6 Å². The number of amides is 1. The van der Waals surface area contributed by atoms with Gasteiger partial charge in [0.15, 0.2) is 0 Å². The fraction of sp³-hybridized carbons (Fsp3) is 0. The molecule has 0 saturated heterocycles. The first-order valence-corrected chi connectivity index (χ1v) is 8.59. The molecule has 3 rings (SSSR count). The summed E-state index contributed by atoms with van der Waals surface area (Å²) in [6.07, 6.45) is 1.26. The minimum absolute atomic E-state index is 0.108. The van der Waals surface area contributed by atoms with Gasteiger partial charge in [-0.15, -0.1) is 0 Å². The molecule has 0 aliphatic rings. The van der Waals surface area contributed by atoms with E-state index in [0.717, 1.165) is 0 Å². The summed E-state index contributed by atoms with van der Waals surface area (Å²) in [4.78, 5) is 12.5. The summed E-state index contributed by atoms with van der Waals surface area (Å²) in [5.74, 6) is -0.490. The lowest BCUT2D eigenvalue weighted by Crippen LogP contribution is -2.14. The van der Waals surface area contributed by atoms with E-state index in [-0.39, 0.29) is 16.3 Å². The van der Waals surface area contributed by atoms with Crippen molar-refractivity contribution in [2.24, 2.45) is 0 Å². The van der Waals surface area contributed by atoms with Crippen molar-refractivity contribution in [1.82, 2.24) is 0 Å². The first kappa shape index (κ1) is 18.6. The van der Waals surface area contributed by atoms with Gasteiger partial charge in [-0.3, -0.25) is 4.79 Å². The third kappa shape index (κ3) is 3.98. The molecule has 0 fully saturated rings. The quantitative estimate of drug-likeness (QED) is 0.411. The van der Waals surface area contributed by atoms with Crippen molar-refractivity contribution in [3.63, 3.8) is 0 Å². The molecular weight excluding hydrogens is 385 g/mol. The first-order valence-electron chi connectivity index (χ1n) is 7.84. The SMILES string of the molecule is N#C/C(=C/Nc1cccc(Cl)c1Cl)C(=O)Nc1cccc2c(O)cccc12. The van der Waals surface area contributed by atoms with Crippen LogP contribution in [0.15, 0.2) is 66.4 Å². The number of phenols is 1. The molecule has 7 heteroatoms. The van der Waals surface area contributed by atoms with Crippen LogP contribution in [0.3, 0.4) is 0 Å². The largest absolute Gasteiger partial charge is 0.507 e. The molecule has 0 heterocycles. The molecule has 0 aliphatic heterocycles. The standard InChI is InChI=1S/C20H13Cl2N3O2/c21-15-6-3-8-17(19(15)22)24-11-12(10-23)20(27)25-16-7-1-5-14-13(16)4-2-9-18(14)26/h1-9,11,24,26H,(H,25,27)/b12-11-. The van der Waals surface area contributed by atoms with E-state index in [4.69, 9.17) is 23.2 Å². The Morgan fingerprint density at radius 3 is 2.44 bits per heavy atom. The number of benzene rings is 3. The molecule has 0 spiro atoms. The fourth-order valence-corrected chi connectivity index (χ4v) is 2.86. The molecule has 1 amide bonds. The Morgan fingerprint density at radius 2 is 1.67 bits per heavy atom. The fourth-order valence-electron chi connectivity index (χ4n) is 2.51. The summed E-state index contributed by atoms with van der Waals surface area (Å²) < 4.78 is 0. The molecule has 0 atom stereocenters. The monoisotopic (exact) mass is 397 g/mol. The average molecular weight is 398 g/mol. The van der Waals surface area contributed by atoms with Crippen LogP contribution in [0, 0.1) is 11.3 Å². The van der Waals surface area contributed by atoms with Gasteiger partial charge in [-0.2, -0.15) is 5.26 Å². The Hall–Kier alpha value is -3.20. The maximum atomic E-state index is 12.5. The van der Waals surface area contributed by atoms with Crippen molar-refractivity contribution < 1.29 is 9.90 Å². The molecule has 0 unspecified atom stereocenters. The van der Waals surface area contributed by atoms with E-state index >= 15 is 0 Å². The van der Waals surface area contributed by atoms with Crippen LogP contribution in [0.1, 0.15) is 0 Å². The van der Waals surface area contributed by atoms with Crippen LogP contribution in [0.5, 0.6) is 5.75 Å². The number of nitrogens with zero attached hydrogens (tertiary/aromatic N) is 1. The summed E-state index contributed by atoms with van der Waals surface area (Å²) in [6, 6.07) is 17.0. The summed E-state index contributed by atoms with van der Waals surface area (Å²) in [5, 5.41) is 26.7. The van der Waals surface area contributed by atoms with Gasteiger partial charge in [-0.25, -0.2) is 0 Å². The van der Waals surface area contributed by atoms with Crippen LogP contribution < -0.4 is 10.6 Å². The summed E-state index contributed by atoms with van der Waals surface area (Å²) in [7, 11) is 0. The van der Waals surface area contributed by atoms with Crippen molar-refractivity contribution in [1.29, 1.82) is 5.26 Å². The van der Waals surface area contributed by atoms with E-state index in [1.54, 1.807) is 54.6 Å². The molecule has 3 aromatic carbocycles. The van der Waals surface area contributed by atoms with E-state index in [2.05, 4.69) is 10.6 Å². The third-order valence-corrected chi connectivity index (χ3v) is 4.65. The van der Waals surface area contributed by atoms with Crippen LogP contribution in [-0.4, -0.2) is 11.0 Å². The minimum atomic E-state index is -0.598. The number of nitriles is 1. The molecule has 3 aromatic rings. The number of carbonyl (C=O) groups is 1. The molecule has 0 radical (unpaired) electrons. The maximum absolute atomic E-state index is 12.5. The van der Waals surface area contributed by atoms with Crippen molar-refractivity contribution in [3.8, 4) is 11.8 Å². The highest BCUT2D eigenvalue weighted by Crippen LogP contribution is 2.31. The van der Waals surface area contributed by atoms with Gasteiger partial charge in [0.1, 0.15) is 17.4 Å². The predicted octanol–water partition coefficient (Wildman–Crippen LogP) is 5.31. The number of aromatic hydroxyl groups is 1. The van der Waals surface area contributed by atoms with Gasteiger partial charge in [0, 0.05) is 22.7 Å². The van der Waals surface area contributed by atoms with Crippen LogP contribution in [0.2, 0.25) is 10.0 Å². The zero-order valence-corrected chi connectivity index (χ0v) is 15.3. The van der Waals surface area contributed by atoms with Crippen LogP contribution in [0.25, 0.3) is 10.8 Å². The van der Waals surface area contributed by atoms with Gasteiger partial charge in [0.2, 0.25) is 0 Å². The van der Waals surface area contributed by atoms with Gasteiger partial charge in [0.05, 0.1) is 15.7 Å². The Labute approximate surface area is 165 Å². The highest BCUT2D eigenvalue weighted by molar-refractivity contribution is 6.43. The number of halogens is 2. The van der Waals surface area contributed by atoms with Crippen molar-refractivity contribution >= 4 is 51.3 Å². The van der Waals surface area contributed by atoms with Crippen molar-refractivity contribution in [3.05, 3.63) is 76.4 Å². The smallest absolute Gasteiger partial charge is 0.267 e. The highest BCUT2D eigenvalue weighted by Gasteiger charge is 2.12. The number of phenolic OH excluding ortho intramolecular Hbond substituents is 1. The average Bonchev–Trinajstić information content (AvgIpc) is 2.66. The molecule has 27 heavy (non-hydrogen) atoms. The van der Waals surface area contributed by atoms with Gasteiger partial charge in [-0.1, -0.05) is 53.5 Å². The van der Waals surface area contributed by atoms with Crippen LogP contribution in [-0.2, 0) is 4.79 Å². The van der Waals surface area contributed by atoms with Gasteiger partial charge < -0.3 is 15.7 Å². The number of hydrogen-bond acceptors (Lipinski definition) is 4. The summed E-state index contributed by atoms with van der Waals surface area (Å²) in [5.41, 5.74) is 0.804. The second-order valence-corrected chi connectivity index (χ2v) is 6.33. The highest BCUT2D eigenvalue weighted by atomic mass is 35.5. The van der Waals surface area contributed by atoms with E-state index in [9.17, 15) is 15.2 Å². The van der Waals surface area contributed by atoms with Crippen LogP contribution in [0.4, 0.5) is 11.4 Å². The lowest BCUT2D eigenvalue weighted by Gasteiger charge is -2.10. The zero-order valence-electron chi connectivity index (χ0n) is 13.8. The van der Waals surface area contributed by atoms with Gasteiger partial charge in [0.25, 0.3) is 5.91 Å². The predicted molar refractivity (Wildman–Crippen MR) is 108 cm³/mol. The second kappa shape index (κ2) is 8.00. The number of hydrogen-bond donors (Lipinski definition) is 3. The lowest BCUT2D eigenvalue weighted by molar-refractivity contribution is -0.112. The van der Waals surface area contributed by atoms with E-state index < -0.39 is 5.91 Å². The maximum Gasteiger partial charge on any atom is 0.267 e. The number of carbonyl (C=O) groups excluding carboxylic acids is 1. The number of rotatable bonds is 4. The Kier molecular flexibility index (Phi) is 5.51. The molecule has 0 aliphatic carbocycles. The number of nitrogens with one attached hydrogen (secondary N) is 2. The Balaban J connectivity index is 1.85. The lowest BCUT2D eigenvalue weighted by atomic mass is 10.1. The van der Waals surface area contributed by atoms with E-state index in [1.807, 2.05) is 6.07 Å². The van der Waals surface area contributed by atoms with E-state index in [1.165, 1.54) is 6.20 Å². The number of anilines is 2. The third-order valence-electron chi connectivity index (χ3n) is 3.84. The molecule has 0 bridgehead atoms. The van der Waals surface area contributed by atoms with Gasteiger partial charge >= 0.3 is 0 Å². The van der Waals surface area contributed by atoms with Crippen LogP contribution >= 0.6 is 23.2 Å². The number of fused-ring (bicyclic) bond motifs is 1.